The highest BCUT2D eigenvalue weighted by atomic mass is 35.6. The summed E-state index contributed by atoms with van der Waals surface area (Å²) >= 11 is 16.7. The van der Waals surface area contributed by atoms with Gasteiger partial charge in [-0.25, -0.2) is 0 Å². The van der Waals surface area contributed by atoms with Crippen LogP contribution in [0.25, 0.3) is 0 Å². The second kappa shape index (κ2) is 6.10. The minimum absolute atomic E-state index is 0.161. The number of alkyl halides is 3. The quantitative estimate of drug-likeness (QED) is 0.859. The lowest BCUT2D eigenvalue weighted by molar-refractivity contribution is -0.134. The smallest absolute Gasteiger partial charge is 0.225 e. The first-order valence-electron chi connectivity index (χ1n) is 6.26. The van der Waals surface area contributed by atoms with Crippen molar-refractivity contribution in [1.82, 2.24) is 10.1 Å². The van der Waals surface area contributed by atoms with Crippen LogP contribution in [0.5, 0.6) is 0 Å². The summed E-state index contributed by atoms with van der Waals surface area (Å²) in [4.78, 5) is 13.9. The summed E-state index contributed by atoms with van der Waals surface area (Å²) < 4.78 is 3.35. The number of halogens is 3. The van der Waals surface area contributed by atoms with Gasteiger partial charge in [0, 0.05) is 12.6 Å². The molecule has 0 radical (unpaired) electrons. The number of rotatable bonds is 3. The van der Waals surface area contributed by atoms with E-state index in [1.54, 1.807) is 4.90 Å². The van der Waals surface area contributed by atoms with Crippen molar-refractivity contribution in [2.75, 3.05) is 6.54 Å². The molecular weight excluding hydrogens is 327 g/mol. The minimum atomic E-state index is -1.87. The van der Waals surface area contributed by atoms with Gasteiger partial charge in [0.15, 0.2) is 5.76 Å². The van der Waals surface area contributed by atoms with Crippen molar-refractivity contribution in [3.05, 3.63) is 17.5 Å². The van der Waals surface area contributed by atoms with E-state index in [0.717, 1.165) is 18.5 Å². The Balaban J connectivity index is 2.05. The molecule has 1 amide bonds. The van der Waals surface area contributed by atoms with Crippen molar-refractivity contribution in [2.24, 2.45) is 0 Å². The topological polar surface area (TPSA) is 66.6 Å². The summed E-state index contributed by atoms with van der Waals surface area (Å²) in [6.07, 6.45) is 0.0856. The van der Waals surface area contributed by atoms with E-state index in [2.05, 4.69) is 5.16 Å². The van der Waals surface area contributed by atoms with Crippen molar-refractivity contribution in [3.63, 3.8) is 0 Å². The molecule has 0 saturated carbocycles. The predicted octanol–water partition coefficient (Wildman–Crippen LogP) is 2.77. The first kappa shape index (κ1) is 15.9. The second-order valence-corrected chi connectivity index (χ2v) is 7.25. The molecule has 1 fully saturated rings. The van der Waals surface area contributed by atoms with Gasteiger partial charge in [-0.3, -0.25) is 4.79 Å². The average Bonchev–Trinajstić information content (AvgIpc) is 2.95. The van der Waals surface area contributed by atoms with Gasteiger partial charge in [-0.15, -0.1) is 0 Å². The average molecular weight is 342 g/mol. The third-order valence-corrected chi connectivity index (χ3v) is 4.05. The molecule has 0 bridgehead atoms. The fraction of sp³-hybridized carbons (Fsp3) is 0.667. The Morgan fingerprint density at radius 1 is 1.65 bits per heavy atom. The van der Waals surface area contributed by atoms with Gasteiger partial charge in [0.05, 0.1) is 18.2 Å². The van der Waals surface area contributed by atoms with Gasteiger partial charge in [-0.2, -0.15) is 0 Å². The Labute approximate surface area is 131 Å². The molecule has 0 spiro atoms. The molecule has 5 nitrogen and oxygen atoms in total. The molecule has 2 heterocycles. The molecule has 2 rings (SSSR count). The van der Waals surface area contributed by atoms with Crippen molar-refractivity contribution in [1.29, 1.82) is 0 Å². The van der Waals surface area contributed by atoms with Gasteiger partial charge < -0.3 is 14.5 Å². The number of nitrogens with zero attached hydrogens (tertiary/aromatic N) is 2. The zero-order chi connectivity index (χ0) is 14.9. The predicted molar refractivity (Wildman–Crippen MR) is 75.8 cm³/mol. The molecule has 0 aliphatic carbocycles. The summed E-state index contributed by atoms with van der Waals surface area (Å²) in [5.74, 6) is 0.386. The molecule has 2 unspecified atom stereocenters. The summed E-state index contributed by atoms with van der Waals surface area (Å²) in [5, 5.41) is 13.5. The highest BCUT2D eigenvalue weighted by Gasteiger charge is 2.37. The summed E-state index contributed by atoms with van der Waals surface area (Å²) in [5.41, 5.74) is 0.764. The molecule has 1 N–H and O–H groups in total. The molecule has 8 heteroatoms. The van der Waals surface area contributed by atoms with E-state index >= 15 is 0 Å². The van der Waals surface area contributed by atoms with E-state index in [0.29, 0.717) is 12.3 Å². The number of aryl methyl sites for hydroxylation is 1. The number of hydrogen-bond donors (Lipinski definition) is 1. The van der Waals surface area contributed by atoms with Gasteiger partial charge in [0.1, 0.15) is 6.10 Å². The van der Waals surface area contributed by atoms with Crippen LogP contribution in [0.4, 0.5) is 0 Å². The molecule has 1 aromatic heterocycles. The molecule has 112 valence electrons. The highest BCUT2D eigenvalue weighted by molar-refractivity contribution is 6.68. The fourth-order valence-corrected chi connectivity index (χ4v) is 2.53. The lowest BCUT2D eigenvalue weighted by atomic mass is 10.1. The summed E-state index contributed by atoms with van der Waals surface area (Å²) in [6.45, 7) is 2.41. The molecular formula is C12H15Cl3N2O3. The normalized spacial score (nSPS) is 21.2. The van der Waals surface area contributed by atoms with Crippen LogP contribution in [-0.4, -0.2) is 37.5 Å². The van der Waals surface area contributed by atoms with Crippen molar-refractivity contribution >= 4 is 40.7 Å². The number of aromatic nitrogens is 1. The Morgan fingerprint density at radius 3 is 2.90 bits per heavy atom. The number of carbonyl (C=O) groups is 1. The fourth-order valence-electron chi connectivity index (χ4n) is 2.30. The third-order valence-electron chi connectivity index (χ3n) is 3.29. The third kappa shape index (κ3) is 3.58. The lowest BCUT2D eigenvalue weighted by Gasteiger charge is -2.25. The van der Waals surface area contributed by atoms with Crippen LogP contribution in [0.2, 0.25) is 0 Å². The molecule has 1 aliphatic rings. The molecule has 1 saturated heterocycles. The van der Waals surface area contributed by atoms with Gasteiger partial charge in [0.25, 0.3) is 0 Å². The maximum Gasteiger partial charge on any atom is 0.225 e. The standard InChI is InChI=1S/C12H15Cl3N2O3/c1-7-5-9(20-16-7)8-3-2-4-17(8)11(19)6-10(18)12(13,14)15/h5,8,10,18H,2-4,6H2,1H3. The largest absolute Gasteiger partial charge is 0.388 e. The monoisotopic (exact) mass is 340 g/mol. The number of aliphatic hydroxyl groups excluding tert-OH is 1. The van der Waals surface area contributed by atoms with E-state index in [9.17, 15) is 9.90 Å². The van der Waals surface area contributed by atoms with Gasteiger partial charge in [0.2, 0.25) is 9.70 Å². The maximum atomic E-state index is 12.2. The van der Waals surface area contributed by atoms with Crippen molar-refractivity contribution in [2.45, 2.75) is 42.1 Å². The summed E-state index contributed by atoms with van der Waals surface area (Å²) in [7, 11) is 0. The van der Waals surface area contributed by atoms with Crippen LogP contribution in [0, 0.1) is 6.92 Å². The van der Waals surface area contributed by atoms with Gasteiger partial charge in [-0.1, -0.05) is 40.0 Å². The highest BCUT2D eigenvalue weighted by Crippen LogP contribution is 2.35. The number of likely N-dealkylation sites (tertiary alicyclic amines) is 1. The van der Waals surface area contributed by atoms with Crippen molar-refractivity contribution in [3.8, 4) is 0 Å². The molecule has 1 aliphatic heterocycles. The van der Waals surface area contributed by atoms with Crippen LogP contribution in [-0.2, 0) is 4.79 Å². The van der Waals surface area contributed by atoms with E-state index < -0.39 is 9.90 Å². The molecule has 20 heavy (non-hydrogen) atoms. The number of hydrogen-bond acceptors (Lipinski definition) is 4. The molecule has 2 atom stereocenters. The number of amides is 1. The van der Waals surface area contributed by atoms with Gasteiger partial charge >= 0.3 is 0 Å². The Bertz CT molecular complexity index is 487. The lowest BCUT2D eigenvalue weighted by Crippen LogP contribution is -2.36. The molecule has 1 aromatic rings. The second-order valence-electron chi connectivity index (χ2n) is 4.88. The van der Waals surface area contributed by atoms with Crippen LogP contribution < -0.4 is 0 Å². The van der Waals surface area contributed by atoms with E-state index in [1.807, 2.05) is 13.0 Å². The van der Waals surface area contributed by atoms with E-state index in [4.69, 9.17) is 39.3 Å². The molecule has 0 aromatic carbocycles. The number of carbonyl (C=O) groups excluding carboxylic acids is 1. The summed E-state index contributed by atoms with van der Waals surface area (Å²) in [6, 6.07) is 1.65. The maximum absolute atomic E-state index is 12.2. The van der Waals surface area contributed by atoms with Crippen LogP contribution in [0.15, 0.2) is 10.6 Å². The van der Waals surface area contributed by atoms with E-state index in [1.165, 1.54) is 0 Å². The van der Waals surface area contributed by atoms with Gasteiger partial charge in [-0.05, 0) is 19.8 Å². The van der Waals surface area contributed by atoms with Crippen LogP contribution in [0.1, 0.15) is 36.8 Å². The van der Waals surface area contributed by atoms with Crippen molar-refractivity contribution < 1.29 is 14.4 Å². The van der Waals surface area contributed by atoms with Crippen LogP contribution >= 0.6 is 34.8 Å². The first-order valence-corrected chi connectivity index (χ1v) is 7.40. The Hall–Kier alpha value is -0.490. The number of aliphatic hydroxyl groups is 1. The first-order chi connectivity index (χ1) is 9.29. The zero-order valence-corrected chi connectivity index (χ0v) is 13.1. The zero-order valence-electron chi connectivity index (χ0n) is 10.9. The Kier molecular flexibility index (Phi) is 4.84. The SMILES string of the molecule is Cc1cc(C2CCCN2C(=O)CC(O)C(Cl)(Cl)Cl)on1. The van der Waals surface area contributed by atoms with E-state index in [-0.39, 0.29) is 18.4 Å². The minimum Gasteiger partial charge on any atom is -0.388 e. The van der Waals surface area contributed by atoms with Crippen LogP contribution in [0.3, 0.4) is 0 Å². The Morgan fingerprint density at radius 2 is 2.35 bits per heavy atom.